The summed E-state index contributed by atoms with van der Waals surface area (Å²) in [7, 11) is 1.52. The fraction of sp³-hybridized carbons (Fsp3) is 0.190. The van der Waals surface area contributed by atoms with Gasteiger partial charge in [-0.3, -0.25) is 10.1 Å². The van der Waals surface area contributed by atoms with Crippen LogP contribution in [0.4, 0.5) is 21.3 Å². The highest BCUT2D eigenvalue weighted by Crippen LogP contribution is 2.22. The van der Waals surface area contributed by atoms with Gasteiger partial charge in [0.2, 0.25) is 0 Å². The predicted octanol–water partition coefficient (Wildman–Crippen LogP) is 4.38. The third-order valence-corrected chi connectivity index (χ3v) is 5.15. The van der Waals surface area contributed by atoms with Crippen molar-refractivity contribution in [1.29, 1.82) is 0 Å². The Morgan fingerprint density at radius 2 is 1.83 bits per heavy atom. The monoisotopic (exact) mass is 409 g/mol. The lowest BCUT2D eigenvalue weighted by Gasteiger charge is -2.14. The van der Waals surface area contributed by atoms with Crippen LogP contribution in [0.25, 0.3) is 0 Å². The second-order valence-electron chi connectivity index (χ2n) is 6.50. The molecule has 7 nitrogen and oxygen atoms in total. The molecule has 0 saturated heterocycles. The highest BCUT2D eigenvalue weighted by molar-refractivity contribution is 7.13. The second kappa shape index (κ2) is 9.20. The molecule has 3 aromatic rings. The van der Waals surface area contributed by atoms with E-state index in [2.05, 4.69) is 26.3 Å². The summed E-state index contributed by atoms with van der Waals surface area (Å²) in [5.74, 6) is -0.329. The van der Waals surface area contributed by atoms with E-state index in [0.717, 1.165) is 22.5 Å². The van der Waals surface area contributed by atoms with Crippen LogP contribution in [0, 0.1) is 13.8 Å². The number of urea groups is 1. The highest BCUT2D eigenvalue weighted by Gasteiger charge is 2.15. The molecule has 0 radical (unpaired) electrons. The van der Waals surface area contributed by atoms with E-state index in [-0.39, 0.29) is 5.91 Å². The van der Waals surface area contributed by atoms with E-state index in [1.165, 1.54) is 18.4 Å². The quantitative estimate of drug-likeness (QED) is 0.486. The summed E-state index contributed by atoms with van der Waals surface area (Å²) in [5, 5.41) is 13.8. The van der Waals surface area contributed by atoms with Crippen molar-refractivity contribution in [2.24, 2.45) is 0 Å². The number of aryl methyl sites for hydroxylation is 2. The van der Waals surface area contributed by atoms with E-state index < -0.39 is 6.03 Å². The topological polar surface area (TPSA) is 95.2 Å². The Labute approximate surface area is 173 Å². The summed E-state index contributed by atoms with van der Waals surface area (Å²) in [6.07, 6.45) is 0. The number of para-hydroxylation sites is 1. The van der Waals surface area contributed by atoms with Gasteiger partial charge in [0.05, 0.1) is 16.9 Å². The fourth-order valence-electron chi connectivity index (χ4n) is 2.73. The molecule has 0 spiro atoms. The van der Waals surface area contributed by atoms with Gasteiger partial charge in [0.1, 0.15) is 0 Å². The first-order chi connectivity index (χ1) is 14.0. The molecule has 2 aromatic carbocycles. The van der Waals surface area contributed by atoms with E-state index in [0.29, 0.717) is 22.9 Å². The van der Waals surface area contributed by atoms with Crippen LogP contribution in [-0.2, 0) is 6.54 Å². The van der Waals surface area contributed by atoms with Crippen molar-refractivity contribution in [2.45, 2.75) is 20.4 Å². The van der Waals surface area contributed by atoms with Gasteiger partial charge in [0.25, 0.3) is 5.91 Å². The Balaban J connectivity index is 1.81. The molecule has 1 aromatic heterocycles. The third kappa shape index (κ3) is 5.32. The second-order valence-corrected chi connectivity index (χ2v) is 7.36. The van der Waals surface area contributed by atoms with Gasteiger partial charge in [-0.25, -0.2) is 9.78 Å². The minimum atomic E-state index is -0.395. The normalized spacial score (nSPS) is 10.3. The first kappa shape index (κ1) is 20.3. The zero-order chi connectivity index (χ0) is 20.8. The summed E-state index contributed by atoms with van der Waals surface area (Å²) < 4.78 is 0. The largest absolute Gasteiger partial charge is 0.381 e. The summed E-state index contributed by atoms with van der Waals surface area (Å²) in [5.41, 5.74) is 4.74. The first-order valence-electron chi connectivity index (χ1n) is 9.11. The molecule has 0 saturated carbocycles. The minimum Gasteiger partial charge on any atom is -0.381 e. The van der Waals surface area contributed by atoms with Gasteiger partial charge in [-0.2, -0.15) is 0 Å². The summed E-state index contributed by atoms with van der Waals surface area (Å²) in [4.78, 5) is 28.8. The SMILES string of the molecule is CNC(=O)Nc1cc(CNc2ccccc2C)ccc1C(=O)Nc1nc(C)cs1. The molecule has 0 atom stereocenters. The van der Waals surface area contributed by atoms with Crippen LogP contribution < -0.4 is 21.3 Å². The number of carbonyl (C=O) groups excluding carboxylic acids is 2. The molecule has 29 heavy (non-hydrogen) atoms. The van der Waals surface area contributed by atoms with E-state index in [9.17, 15) is 9.59 Å². The van der Waals surface area contributed by atoms with Crippen LogP contribution in [0.15, 0.2) is 47.8 Å². The van der Waals surface area contributed by atoms with Gasteiger partial charge in [-0.05, 0) is 43.2 Å². The zero-order valence-corrected chi connectivity index (χ0v) is 17.3. The Kier molecular flexibility index (Phi) is 6.46. The van der Waals surface area contributed by atoms with Gasteiger partial charge >= 0.3 is 6.03 Å². The fourth-order valence-corrected chi connectivity index (χ4v) is 3.42. The number of carbonyl (C=O) groups is 2. The molecule has 3 amide bonds. The van der Waals surface area contributed by atoms with Crippen molar-refractivity contribution in [3.8, 4) is 0 Å². The van der Waals surface area contributed by atoms with Crippen LogP contribution in [0.1, 0.15) is 27.2 Å². The molecule has 1 heterocycles. The Bertz CT molecular complexity index is 1030. The number of benzene rings is 2. The van der Waals surface area contributed by atoms with Crippen LogP contribution in [0.5, 0.6) is 0 Å². The molecule has 150 valence electrons. The van der Waals surface area contributed by atoms with Gasteiger partial charge in [0.15, 0.2) is 5.13 Å². The van der Waals surface area contributed by atoms with Gasteiger partial charge in [0, 0.05) is 24.7 Å². The lowest BCUT2D eigenvalue weighted by molar-refractivity contribution is 0.102. The van der Waals surface area contributed by atoms with Crippen molar-refractivity contribution in [2.75, 3.05) is 23.0 Å². The molecule has 8 heteroatoms. The molecule has 3 rings (SSSR count). The Morgan fingerprint density at radius 3 is 2.52 bits per heavy atom. The highest BCUT2D eigenvalue weighted by atomic mass is 32.1. The number of aromatic nitrogens is 1. The number of nitrogens with one attached hydrogen (secondary N) is 4. The maximum Gasteiger partial charge on any atom is 0.318 e. The van der Waals surface area contributed by atoms with Crippen LogP contribution in [-0.4, -0.2) is 24.0 Å². The molecule has 0 aliphatic rings. The Morgan fingerprint density at radius 1 is 1.03 bits per heavy atom. The van der Waals surface area contributed by atoms with E-state index in [4.69, 9.17) is 0 Å². The summed E-state index contributed by atoms with van der Waals surface area (Å²) >= 11 is 1.35. The maximum absolute atomic E-state index is 12.7. The van der Waals surface area contributed by atoms with Gasteiger partial charge in [-0.15, -0.1) is 11.3 Å². The minimum absolute atomic E-state index is 0.329. The number of anilines is 3. The van der Waals surface area contributed by atoms with Crippen molar-refractivity contribution < 1.29 is 9.59 Å². The van der Waals surface area contributed by atoms with Crippen molar-refractivity contribution in [3.05, 3.63) is 70.2 Å². The average Bonchev–Trinajstić information content (AvgIpc) is 3.11. The number of nitrogens with zero attached hydrogens (tertiary/aromatic N) is 1. The molecular weight excluding hydrogens is 386 g/mol. The molecule has 0 aliphatic carbocycles. The number of thiazole rings is 1. The van der Waals surface area contributed by atoms with Crippen molar-refractivity contribution in [1.82, 2.24) is 10.3 Å². The van der Waals surface area contributed by atoms with E-state index in [1.807, 2.05) is 49.6 Å². The van der Waals surface area contributed by atoms with Crippen molar-refractivity contribution in [3.63, 3.8) is 0 Å². The van der Waals surface area contributed by atoms with E-state index in [1.54, 1.807) is 12.1 Å². The third-order valence-electron chi connectivity index (χ3n) is 4.27. The van der Waals surface area contributed by atoms with Gasteiger partial charge < -0.3 is 16.0 Å². The van der Waals surface area contributed by atoms with Crippen molar-refractivity contribution >= 4 is 39.8 Å². The number of amides is 3. The molecule has 0 fully saturated rings. The lowest BCUT2D eigenvalue weighted by Crippen LogP contribution is -2.26. The lowest BCUT2D eigenvalue weighted by atomic mass is 10.1. The predicted molar refractivity (Wildman–Crippen MR) is 118 cm³/mol. The van der Waals surface area contributed by atoms with Crippen LogP contribution in [0.2, 0.25) is 0 Å². The van der Waals surface area contributed by atoms with Crippen LogP contribution in [0.3, 0.4) is 0 Å². The molecule has 0 bridgehead atoms. The molecule has 4 N–H and O–H groups in total. The Hall–Kier alpha value is -3.39. The van der Waals surface area contributed by atoms with E-state index >= 15 is 0 Å². The van der Waals surface area contributed by atoms with Crippen LogP contribution >= 0.6 is 11.3 Å². The zero-order valence-electron chi connectivity index (χ0n) is 16.5. The van der Waals surface area contributed by atoms with Gasteiger partial charge in [-0.1, -0.05) is 24.3 Å². The standard InChI is InChI=1S/C21H23N5O2S/c1-13-6-4-5-7-17(13)23-11-15-8-9-16(18(10-15)25-20(28)22-3)19(27)26-21-24-14(2)12-29-21/h4-10,12,23H,11H2,1-3H3,(H2,22,25,28)(H,24,26,27). The average molecular weight is 410 g/mol. The number of hydrogen-bond acceptors (Lipinski definition) is 5. The molecule has 0 unspecified atom stereocenters. The number of hydrogen-bond donors (Lipinski definition) is 4. The number of rotatable bonds is 6. The smallest absolute Gasteiger partial charge is 0.318 e. The molecule has 0 aliphatic heterocycles. The summed E-state index contributed by atoms with van der Waals surface area (Å²) in [6.45, 7) is 4.45. The molecular formula is C21H23N5O2S. The maximum atomic E-state index is 12.7. The first-order valence-corrected chi connectivity index (χ1v) is 9.99. The summed E-state index contributed by atoms with van der Waals surface area (Å²) in [6, 6.07) is 13.0.